The molecular formula is C15H25N. The first-order valence-electron chi connectivity index (χ1n) is 6.88. The van der Waals surface area contributed by atoms with Gasteiger partial charge in [0, 0.05) is 18.9 Å². The molecule has 0 atom stereocenters. The molecule has 1 aromatic rings. The van der Waals surface area contributed by atoms with E-state index in [9.17, 15) is 0 Å². The lowest BCUT2D eigenvalue weighted by atomic mass is 9.89. The monoisotopic (exact) mass is 219 g/mol. The fourth-order valence-corrected chi connectivity index (χ4v) is 2.86. The number of nitrogens with zero attached hydrogens (tertiary/aromatic N) is 1. The second kappa shape index (κ2) is 5.56. The van der Waals surface area contributed by atoms with Gasteiger partial charge < -0.3 is 4.57 Å². The Bertz CT molecular complexity index is 305. The molecule has 0 aromatic carbocycles. The summed E-state index contributed by atoms with van der Waals surface area (Å²) in [5.41, 5.74) is 1.51. The Kier molecular flexibility index (Phi) is 4.09. The number of hydrogen-bond donors (Lipinski definition) is 0. The largest absolute Gasteiger partial charge is 0.354 e. The van der Waals surface area contributed by atoms with E-state index in [4.69, 9.17) is 0 Å². The van der Waals surface area contributed by atoms with Crippen LogP contribution in [0, 0.1) is 11.8 Å². The number of hydrogen-bond acceptors (Lipinski definition) is 0. The Labute approximate surface area is 99.9 Å². The van der Waals surface area contributed by atoms with Gasteiger partial charge in [0.15, 0.2) is 0 Å². The van der Waals surface area contributed by atoms with E-state index in [2.05, 4.69) is 36.9 Å². The number of aromatic nitrogens is 1. The van der Waals surface area contributed by atoms with Crippen molar-refractivity contribution in [1.29, 1.82) is 0 Å². The Morgan fingerprint density at radius 3 is 2.69 bits per heavy atom. The van der Waals surface area contributed by atoms with Crippen molar-refractivity contribution in [3.63, 3.8) is 0 Å². The predicted octanol–water partition coefficient (Wildman–Crippen LogP) is 4.27. The zero-order valence-corrected chi connectivity index (χ0v) is 10.8. The van der Waals surface area contributed by atoms with E-state index in [0.29, 0.717) is 0 Å². The van der Waals surface area contributed by atoms with Gasteiger partial charge in [-0.05, 0) is 42.7 Å². The van der Waals surface area contributed by atoms with Crippen molar-refractivity contribution in [2.24, 2.45) is 11.8 Å². The summed E-state index contributed by atoms with van der Waals surface area (Å²) in [6.45, 7) is 5.83. The molecule has 0 saturated heterocycles. The fourth-order valence-electron chi connectivity index (χ4n) is 2.86. The Hall–Kier alpha value is -0.720. The SMILES string of the molecule is CC(C)Cc1ccn(CC2CCCCC2)c1. The average molecular weight is 219 g/mol. The molecule has 0 unspecified atom stereocenters. The topological polar surface area (TPSA) is 4.93 Å². The summed E-state index contributed by atoms with van der Waals surface area (Å²) in [4.78, 5) is 0. The minimum atomic E-state index is 0.769. The van der Waals surface area contributed by atoms with E-state index >= 15 is 0 Å². The standard InChI is InChI=1S/C15H25N/c1-13(2)10-15-8-9-16(12-15)11-14-6-4-3-5-7-14/h8-9,12-14H,3-7,10-11H2,1-2H3. The summed E-state index contributed by atoms with van der Waals surface area (Å²) in [5, 5.41) is 0. The third kappa shape index (κ3) is 3.40. The van der Waals surface area contributed by atoms with Crippen LogP contribution in [0.4, 0.5) is 0 Å². The minimum absolute atomic E-state index is 0.769. The van der Waals surface area contributed by atoms with Crippen LogP contribution < -0.4 is 0 Å². The highest BCUT2D eigenvalue weighted by molar-refractivity contribution is 5.10. The molecule has 1 fully saturated rings. The third-order valence-electron chi connectivity index (χ3n) is 3.65. The first-order valence-corrected chi connectivity index (χ1v) is 6.88. The summed E-state index contributed by atoms with van der Waals surface area (Å²) >= 11 is 0. The number of rotatable bonds is 4. The first kappa shape index (κ1) is 11.8. The molecule has 1 heteroatoms. The minimum Gasteiger partial charge on any atom is -0.354 e. The van der Waals surface area contributed by atoms with Gasteiger partial charge in [-0.1, -0.05) is 33.1 Å². The van der Waals surface area contributed by atoms with Gasteiger partial charge in [-0.2, -0.15) is 0 Å². The van der Waals surface area contributed by atoms with Gasteiger partial charge in [-0.3, -0.25) is 0 Å². The van der Waals surface area contributed by atoms with E-state index in [1.165, 1.54) is 50.6 Å². The highest BCUT2D eigenvalue weighted by atomic mass is 14.9. The fraction of sp³-hybridized carbons (Fsp3) is 0.733. The lowest BCUT2D eigenvalue weighted by Crippen LogP contribution is -2.12. The Morgan fingerprint density at radius 2 is 2.00 bits per heavy atom. The third-order valence-corrected chi connectivity index (χ3v) is 3.65. The molecule has 1 aliphatic carbocycles. The highest BCUT2D eigenvalue weighted by Gasteiger charge is 2.13. The molecular weight excluding hydrogens is 194 g/mol. The molecule has 1 aromatic heterocycles. The van der Waals surface area contributed by atoms with Crippen molar-refractivity contribution >= 4 is 0 Å². The average Bonchev–Trinajstić information content (AvgIpc) is 2.66. The summed E-state index contributed by atoms with van der Waals surface area (Å²) in [5.74, 6) is 1.71. The van der Waals surface area contributed by atoms with Crippen LogP contribution in [-0.2, 0) is 13.0 Å². The van der Waals surface area contributed by atoms with Crippen molar-refractivity contribution < 1.29 is 0 Å². The van der Waals surface area contributed by atoms with Crippen molar-refractivity contribution in [2.75, 3.05) is 0 Å². The molecule has 0 N–H and O–H groups in total. The van der Waals surface area contributed by atoms with Crippen molar-refractivity contribution in [1.82, 2.24) is 4.57 Å². The van der Waals surface area contributed by atoms with Crippen LogP contribution in [0.1, 0.15) is 51.5 Å². The molecule has 90 valence electrons. The van der Waals surface area contributed by atoms with Crippen LogP contribution >= 0.6 is 0 Å². The normalized spacial score (nSPS) is 18.2. The van der Waals surface area contributed by atoms with Gasteiger partial charge in [0.2, 0.25) is 0 Å². The summed E-state index contributed by atoms with van der Waals surface area (Å²) < 4.78 is 2.41. The van der Waals surface area contributed by atoms with Gasteiger partial charge in [-0.15, -0.1) is 0 Å². The summed E-state index contributed by atoms with van der Waals surface area (Å²) in [6.07, 6.45) is 13.1. The van der Waals surface area contributed by atoms with Crippen LogP contribution in [0.15, 0.2) is 18.5 Å². The van der Waals surface area contributed by atoms with Crippen LogP contribution in [0.3, 0.4) is 0 Å². The van der Waals surface area contributed by atoms with Gasteiger partial charge >= 0.3 is 0 Å². The molecule has 0 bridgehead atoms. The maximum Gasteiger partial charge on any atom is 0.0248 e. The Morgan fingerprint density at radius 1 is 1.25 bits per heavy atom. The van der Waals surface area contributed by atoms with E-state index in [1.54, 1.807) is 0 Å². The van der Waals surface area contributed by atoms with Crippen LogP contribution in [0.25, 0.3) is 0 Å². The maximum absolute atomic E-state index is 2.41. The molecule has 0 amide bonds. The highest BCUT2D eigenvalue weighted by Crippen LogP contribution is 2.25. The van der Waals surface area contributed by atoms with Crippen LogP contribution in [0.2, 0.25) is 0 Å². The lowest BCUT2D eigenvalue weighted by molar-refractivity contribution is 0.319. The molecule has 0 spiro atoms. The Balaban J connectivity index is 1.86. The van der Waals surface area contributed by atoms with Crippen molar-refractivity contribution in [3.05, 3.63) is 24.0 Å². The van der Waals surface area contributed by atoms with E-state index in [0.717, 1.165) is 11.8 Å². The molecule has 16 heavy (non-hydrogen) atoms. The quantitative estimate of drug-likeness (QED) is 0.713. The molecule has 0 aliphatic heterocycles. The van der Waals surface area contributed by atoms with E-state index in [-0.39, 0.29) is 0 Å². The molecule has 2 rings (SSSR count). The second-order valence-corrected chi connectivity index (χ2v) is 5.82. The summed E-state index contributed by atoms with van der Waals surface area (Å²) in [7, 11) is 0. The predicted molar refractivity (Wildman–Crippen MR) is 69.5 cm³/mol. The lowest BCUT2D eigenvalue weighted by Gasteiger charge is -2.21. The summed E-state index contributed by atoms with van der Waals surface area (Å²) in [6, 6.07) is 2.29. The molecule has 1 saturated carbocycles. The van der Waals surface area contributed by atoms with E-state index < -0.39 is 0 Å². The smallest absolute Gasteiger partial charge is 0.0248 e. The van der Waals surface area contributed by atoms with Gasteiger partial charge in [-0.25, -0.2) is 0 Å². The van der Waals surface area contributed by atoms with Crippen molar-refractivity contribution in [3.8, 4) is 0 Å². The molecule has 1 heterocycles. The molecule has 1 nitrogen and oxygen atoms in total. The second-order valence-electron chi connectivity index (χ2n) is 5.82. The van der Waals surface area contributed by atoms with Crippen LogP contribution in [0.5, 0.6) is 0 Å². The molecule has 0 radical (unpaired) electrons. The first-order chi connectivity index (χ1) is 7.74. The van der Waals surface area contributed by atoms with Crippen LogP contribution in [-0.4, -0.2) is 4.57 Å². The van der Waals surface area contributed by atoms with Crippen molar-refractivity contribution in [2.45, 2.75) is 58.9 Å². The zero-order chi connectivity index (χ0) is 11.4. The molecule has 1 aliphatic rings. The van der Waals surface area contributed by atoms with Gasteiger partial charge in [0.1, 0.15) is 0 Å². The maximum atomic E-state index is 2.41. The van der Waals surface area contributed by atoms with Gasteiger partial charge in [0.05, 0.1) is 0 Å². The van der Waals surface area contributed by atoms with Gasteiger partial charge in [0.25, 0.3) is 0 Å². The van der Waals surface area contributed by atoms with E-state index in [1.807, 2.05) is 0 Å². The zero-order valence-electron chi connectivity index (χ0n) is 10.8.